The second-order valence-electron chi connectivity index (χ2n) is 9.32. The van der Waals surface area contributed by atoms with Crippen LogP contribution in [0.1, 0.15) is 41.0 Å². The molecule has 1 fully saturated rings. The number of aromatic nitrogens is 4. The first-order valence-corrected chi connectivity index (χ1v) is 13.3. The highest BCUT2D eigenvalue weighted by Crippen LogP contribution is 2.27. The number of aryl methyl sites for hydroxylation is 1. The average molecular weight is 502 g/mol. The van der Waals surface area contributed by atoms with E-state index in [9.17, 15) is 4.79 Å². The van der Waals surface area contributed by atoms with Crippen molar-refractivity contribution in [2.45, 2.75) is 32.6 Å². The molecule has 0 unspecified atom stereocenters. The molecule has 0 radical (unpaired) electrons. The zero-order valence-corrected chi connectivity index (χ0v) is 21.6. The molecular weight excluding hydrogens is 470 g/mol. The summed E-state index contributed by atoms with van der Waals surface area (Å²) in [4.78, 5) is 26.9. The number of hydrogen-bond donors (Lipinski definition) is 1. The number of carbonyl (C=O) groups excluding carboxylic acids is 1. The van der Waals surface area contributed by atoms with Crippen molar-refractivity contribution < 1.29 is 4.79 Å². The van der Waals surface area contributed by atoms with E-state index in [0.717, 1.165) is 71.2 Å². The number of hydrogen-bond acceptors (Lipinski definition) is 8. The molecule has 3 aromatic heterocycles. The molecule has 9 heteroatoms. The number of carbonyl (C=O) groups is 1. The lowest BCUT2D eigenvalue weighted by Gasteiger charge is -2.27. The second kappa shape index (κ2) is 11.1. The van der Waals surface area contributed by atoms with Gasteiger partial charge in [0.2, 0.25) is 0 Å². The lowest BCUT2D eigenvalue weighted by Crippen LogP contribution is -2.30. The van der Waals surface area contributed by atoms with Crippen LogP contribution in [0.25, 0.3) is 21.3 Å². The number of fused-ring (bicyclic) bond motifs is 1. The van der Waals surface area contributed by atoms with E-state index in [1.807, 2.05) is 31.2 Å². The van der Waals surface area contributed by atoms with Crippen molar-refractivity contribution in [2.24, 2.45) is 0 Å². The molecule has 8 nitrogen and oxygen atoms in total. The SMILES string of the molecule is Cc1nnc(-c2ccc3cnc(NC(=O)c4ccnc(N5CCCCN(C)CCCC5)c4)cc3c2)s1. The summed E-state index contributed by atoms with van der Waals surface area (Å²) in [7, 11) is 2.20. The van der Waals surface area contributed by atoms with Crippen LogP contribution in [0.4, 0.5) is 11.6 Å². The molecule has 4 heterocycles. The Labute approximate surface area is 215 Å². The Morgan fingerprint density at radius 2 is 1.69 bits per heavy atom. The summed E-state index contributed by atoms with van der Waals surface area (Å²) in [6, 6.07) is 11.6. The van der Waals surface area contributed by atoms with Crippen LogP contribution >= 0.6 is 11.3 Å². The number of anilines is 2. The van der Waals surface area contributed by atoms with Gasteiger partial charge >= 0.3 is 0 Å². The molecule has 0 aliphatic carbocycles. The van der Waals surface area contributed by atoms with Crippen molar-refractivity contribution in [3.05, 3.63) is 59.4 Å². The number of rotatable bonds is 4. The van der Waals surface area contributed by atoms with Crippen LogP contribution in [-0.4, -0.2) is 64.2 Å². The normalized spacial score (nSPS) is 15.7. The molecule has 0 saturated carbocycles. The third kappa shape index (κ3) is 5.85. The number of nitrogens with zero attached hydrogens (tertiary/aromatic N) is 6. The van der Waals surface area contributed by atoms with Gasteiger partial charge in [-0.05, 0) is 82.4 Å². The van der Waals surface area contributed by atoms with E-state index in [1.54, 1.807) is 29.8 Å². The molecule has 0 spiro atoms. The fourth-order valence-electron chi connectivity index (χ4n) is 4.50. The van der Waals surface area contributed by atoms with Crippen molar-refractivity contribution in [1.29, 1.82) is 0 Å². The average Bonchev–Trinajstić information content (AvgIpc) is 3.33. The molecule has 1 amide bonds. The van der Waals surface area contributed by atoms with Crippen LogP contribution in [0.15, 0.2) is 48.8 Å². The molecule has 186 valence electrons. The highest BCUT2D eigenvalue weighted by atomic mass is 32.1. The van der Waals surface area contributed by atoms with Crippen LogP contribution in [-0.2, 0) is 0 Å². The molecule has 4 aromatic rings. The van der Waals surface area contributed by atoms with Gasteiger partial charge in [0, 0.05) is 42.0 Å². The third-order valence-corrected chi connectivity index (χ3v) is 7.39. The summed E-state index contributed by atoms with van der Waals surface area (Å²) in [5.74, 6) is 1.18. The van der Waals surface area contributed by atoms with E-state index in [2.05, 4.69) is 48.4 Å². The maximum absolute atomic E-state index is 13.1. The van der Waals surface area contributed by atoms with Gasteiger partial charge in [-0.2, -0.15) is 0 Å². The van der Waals surface area contributed by atoms with E-state index >= 15 is 0 Å². The summed E-state index contributed by atoms with van der Waals surface area (Å²) in [6.07, 6.45) is 8.06. The monoisotopic (exact) mass is 501 g/mol. The molecule has 1 aliphatic rings. The summed E-state index contributed by atoms with van der Waals surface area (Å²) in [6.45, 7) is 6.11. The van der Waals surface area contributed by atoms with Gasteiger partial charge in [-0.25, -0.2) is 9.97 Å². The first kappa shape index (κ1) is 24.3. The maximum atomic E-state index is 13.1. The lowest BCUT2D eigenvalue weighted by atomic mass is 10.1. The van der Waals surface area contributed by atoms with Gasteiger partial charge < -0.3 is 15.1 Å². The number of pyridine rings is 2. The van der Waals surface area contributed by atoms with Gasteiger partial charge in [-0.3, -0.25) is 4.79 Å². The predicted octanol–water partition coefficient (Wildman–Crippen LogP) is 5.02. The van der Waals surface area contributed by atoms with Crippen LogP contribution in [0, 0.1) is 6.92 Å². The molecule has 5 rings (SSSR count). The standard InChI is InChI=1S/C27H31N7OS/c1-19-31-32-27(36-19)21-7-8-22-18-29-24(16-23(22)15-21)30-26(35)20-9-10-28-25(17-20)34-13-5-3-11-33(2)12-4-6-14-34/h7-10,15-18H,3-6,11-14H2,1-2H3,(H,29,30,35). The van der Waals surface area contributed by atoms with Crippen molar-refractivity contribution in [1.82, 2.24) is 25.1 Å². The van der Waals surface area contributed by atoms with Gasteiger partial charge in [-0.1, -0.05) is 23.5 Å². The first-order valence-electron chi connectivity index (χ1n) is 12.5. The fraction of sp³-hybridized carbons (Fsp3) is 0.370. The highest BCUT2D eigenvalue weighted by molar-refractivity contribution is 7.14. The third-order valence-electron chi connectivity index (χ3n) is 6.50. The maximum Gasteiger partial charge on any atom is 0.257 e. The molecule has 1 aliphatic heterocycles. The van der Waals surface area contributed by atoms with E-state index in [4.69, 9.17) is 0 Å². The zero-order chi connectivity index (χ0) is 24.9. The Morgan fingerprint density at radius 3 is 2.44 bits per heavy atom. The summed E-state index contributed by atoms with van der Waals surface area (Å²) >= 11 is 1.56. The van der Waals surface area contributed by atoms with Gasteiger partial charge in [0.1, 0.15) is 21.7 Å². The van der Waals surface area contributed by atoms with Gasteiger partial charge in [0.05, 0.1) is 0 Å². The minimum atomic E-state index is -0.191. The van der Waals surface area contributed by atoms with E-state index < -0.39 is 0 Å². The lowest BCUT2D eigenvalue weighted by molar-refractivity contribution is 0.102. The molecule has 1 saturated heterocycles. The van der Waals surface area contributed by atoms with Crippen molar-refractivity contribution in [3.8, 4) is 10.6 Å². The topological polar surface area (TPSA) is 87.1 Å². The zero-order valence-electron chi connectivity index (χ0n) is 20.8. The Kier molecular flexibility index (Phi) is 7.48. The van der Waals surface area contributed by atoms with Crippen molar-refractivity contribution in [3.63, 3.8) is 0 Å². The molecule has 0 atom stereocenters. The minimum Gasteiger partial charge on any atom is -0.357 e. The Hall–Kier alpha value is -3.43. The quantitative estimate of drug-likeness (QED) is 0.420. The minimum absolute atomic E-state index is 0.191. The van der Waals surface area contributed by atoms with Gasteiger partial charge in [0.15, 0.2) is 0 Å². The Balaban J connectivity index is 1.31. The van der Waals surface area contributed by atoms with Crippen molar-refractivity contribution in [2.75, 3.05) is 43.4 Å². The largest absolute Gasteiger partial charge is 0.357 e. The Morgan fingerprint density at radius 1 is 0.917 bits per heavy atom. The molecular formula is C27H31N7OS. The molecule has 36 heavy (non-hydrogen) atoms. The second-order valence-corrected chi connectivity index (χ2v) is 10.5. The van der Waals surface area contributed by atoms with E-state index in [-0.39, 0.29) is 5.91 Å². The number of benzene rings is 1. The summed E-state index contributed by atoms with van der Waals surface area (Å²) < 4.78 is 0. The van der Waals surface area contributed by atoms with Gasteiger partial charge in [-0.15, -0.1) is 10.2 Å². The van der Waals surface area contributed by atoms with Crippen molar-refractivity contribution >= 4 is 39.7 Å². The van der Waals surface area contributed by atoms with Crippen LogP contribution < -0.4 is 10.2 Å². The van der Waals surface area contributed by atoms with Crippen LogP contribution in [0.5, 0.6) is 0 Å². The Bertz CT molecular complexity index is 1340. The molecule has 1 N–H and O–H groups in total. The molecule has 1 aromatic carbocycles. The summed E-state index contributed by atoms with van der Waals surface area (Å²) in [5, 5.41) is 15.1. The highest BCUT2D eigenvalue weighted by Gasteiger charge is 2.14. The predicted molar refractivity (Wildman–Crippen MR) is 146 cm³/mol. The van der Waals surface area contributed by atoms with E-state index in [0.29, 0.717) is 11.4 Å². The number of nitrogens with one attached hydrogen (secondary N) is 1. The molecule has 0 bridgehead atoms. The van der Waals surface area contributed by atoms with Gasteiger partial charge in [0.25, 0.3) is 5.91 Å². The van der Waals surface area contributed by atoms with Crippen LogP contribution in [0.3, 0.4) is 0 Å². The smallest absolute Gasteiger partial charge is 0.257 e. The first-order chi connectivity index (χ1) is 17.5. The number of amides is 1. The van der Waals surface area contributed by atoms with E-state index in [1.165, 1.54) is 12.8 Å². The fourth-order valence-corrected chi connectivity index (χ4v) is 5.19. The van der Waals surface area contributed by atoms with Crippen LogP contribution in [0.2, 0.25) is 0 Å². The summed E-state index contributed by atoms with van der Waals surface area (Å²) in [5.41, 5.74) is 1.58.